The Labute approximate surface area is 87.4 Å². The van der Waals surface area contributed by atoms with Crippen molar-refractivity contribution in [2.24, 2.45) is 5.92 Å². The van der Waals surface area contributed by atoms with Crippen molar-refractivity contribution in [3.63, 3.8) is 0 Å². The fourth-order valence-corrected chi connectivity index (χ4v) is 2.29. The zero-order chi connectivity index (χ0) is 9.52. The average Bonchev–Trinajstić information content (AvgIpc) is 2.42. The van der Waals surface area contributed by atoms with Gasteiger partial charge in [-0.25, -0.2) is 0 Å². The molecule has 0 aliphatic heterocycles. The first kappa shape index (κ1) is 11.1. The molecule has 0 atom stereocenters. The number of halogens is 1. The Balaban J connectivity index is 2.38. The zero-order valence-corrected chi connectivity index (χ0v) is 9.45. The SMILES string of the molecule is C/C(=C\CCCl)C1CCCCCC1. The fourth-order valence-electron chi connectivity index (χ4n) is 2.18. The number of hydrogen-bond acceptors (Lipinski definition) is 0. The summed E-state index contributed by atoms with van der Waals surface area (Å²) in [4.78, 5) is 0. The van der Waals surface area contributed by atoms with E-state index in [9.17, 15) is 0 Å². The van der Waals surface area contributed by atoms with Crippen LogP contribution in [0.5, 0.6) is 0 Å². The first-order chi connectivity index (χ1) is 6.34. The second-order valence-corrected chi connectivity index (χ2v) is 4.49. The Morgan fingerprint density at radius 2 is 1.85 bits per heavy atom. The topological polar surface area (TPSA) is 0 Å². The molecule has 0 amide bonds. The molecule has 1 heteroatoms. The molecule has 76 valence electrons. The molecule has 0 aromatic carbocycles. The maximum Gasteiger partial charge on any atom is 0.0258 e. The van der Waals surface area contributed by atoms with Crippen molar-refractivity contribution < 1.29 is 0 Å². The molecule has 0 bridgehead atoms. The van der Waals surface area contributed by atoms with E-state index in [1.807, 2.05) is 0 Å². The maximum atomic E-state index is 5.67. The third-order valence-corrected chi connectivity index (χ3v) is 3.29. The summed E-state index contributed by atoms with van der Waals surface area (Å²) in [6, 6.07) is 0. The van der Waals surface area contributed by atoms with Crippen molar-refractivity contribution in [1.82, 2.24) is 0 Å². The molecule has 0 heterocycles. The highest BCUT2D eigenvalue weighted by Gasteiger charge is 2.12. The van der Waals surface area contributed by atoms with E-state index in [-0.39, 0.29) is 0 Å². The van der Waals surface area contributed by atoms with Crippen molar-refractivity contribution in [3.8, 4) is 0 Å². The van der Waals surface area contributed by atoms with Crippen LogP contribution in [-0.4, -0.2) is 5.88 Å². The quantitative estimate of drug-likeness (QED) is 0.357. The molecule has 13 heavy (non-hydrogen) atoms. The second-order valence-electron chi connectivity index (χ2n) is 4.11. The molecule has 1 aliphatic carbocycles. The van der Waals surface area contributed by atoms with Crippen LogP contribution in [0.4, 0.5) is 0 Å². The summed E-state index contributed by atoms with van der Waals surface area (Å²) in [5.74, 6) is 1.63. The van der Waals surface area contributed by atoms with E-state index in [1.54, 1.807) is 5.57 Å². The predicted molar refractivity (Wildman–Crippen MR) is 60.3 cm³/mol. The van der Waals surface area contributed by atoms with Gasteiger partial charge in [-0.2, -0.15) is 0 Å². The number of alkyl halides is 1. The van der Waals surface area contributed by atoms with Crippen molar-refractivity contribution in [3.05, 3.63) is 11.6 Å². The lowest BCUT2D eigenvalue weighted by molar-refractivity contribution is 0.528. The van der Waals surface area contributed by atoms with Crippen molar-refractivity contribution in [2.75, 3.05) is 5.88 Å². The molecule has 1 fully saturated rings. The van der Waals surface area contributed by atoms with E-state index in [0.29, 0.717) is 0 Å². The van der Waals surface area contributed by atoms with Gasteiger partial charge in [0, 0.05) is 5.88 Å². The molecular formula is C12H21Cl. The minimum atomic E-state index is 0.768. The Hall–Kier alpha value is 0.0300. The van der Waals surface area contributed by atoms with Gasteiger partial charge in [-0.15, -0.1) is 11.6 Å². The van der Waals surface area contributed by atoms with Gasteiger partial charge in [-0.05, 0) is 32.1 Å². The molecule has 0 unspecified atom stereocenters. The predicted octanol–water partition coefficient (Wildman–Crippen LogP) is 4.53. The molecule has 0 saturated heterocycles. The van der Waals surface area contributed by atoms with Crippen LogP contribution in [0.15, 0.2) is 11.6 Å². The summed E-state index contributed by atoms with van der Waals surface area (Å²) in [5, 5.41) is 0. The molecule has 0 N–H and O–H groups in total. The van der Waals surface area contributed by atoms with Gasteiger partial charge >= 0.3 is 0 Å². The van der Waals surface area contributed by atoms with E-state index in [0.717, 1.165) is 18.2 Å². The Morgan fingerprint density at radius 1 is 1.23 bits per heavy atom. The van der Waals surface area contributed by atoms with Crippen LogP contribution in [0.2, 0.25) is 0 Å². The molecule has 1 rings (SSSR count). The number of hydrogen-bond donors (Lipinski definition) is 0. The van der Waals surface area contributed by atoms with Gasteiger partial charge in [0.25, 0.3) is 0 Å². The molecule has 0 spiro atoms. The first-order valence-corrected chi connectivity index (χ1v) is 6.10. The van der Waals surface area contributed by atoms with E-state index in [1.165, 1.54) is 38.5 Å². The van der Waals surface area contributed by atoms with Gasteiger partial charge in [-0.1, -0.05) is 37.3 Å². The summed E-state index contributed by atoms with van der Waals surface area (Å²) in [5.41, 5.74) is 1.59. The van der Waals surface area contributed by atoms with Crippen LogP contribution in [-0.2, 0) is 0 Å². The van der Waals surface area contributed by atoms with Gasteiger partial charge in [0.2, 0.25) is 0 Å². The number of rotatable bonds is 3. The summed E-state index contributed by atoms with van der Waals surface area (Å²) in [7, 11) is 0. The normalized spacial score (nSPS) is 21.5. The van der Waals surface area contributed by atoms with Crippen LogP contribution in [0.3, 0.4) is 0 Å². The highest BCUT2D eigenvalue weighted by atomic mass is 35.5. The molecule has 1 aliphatic rings. The van der Waals surface area contributed by atoms with E-state index >= 15 is 0 Å². The molecule has 0 nitrogen and oxygen atoms in total. The Morgan fingerprint density at radius 3 is 2.38 bits per heavy atom. The van der Waals surface area contributed by atoms with Crippen molar-refractivity contribution >= 4 is 11.6 Å². The maximum absolute atomic E-state index is 5.67. The van der Waals surface area contributed by atoms with Crippen LogP contribution in [0, 0.1) is 5.92 Å². The minimum Gasteiger partial charge on any atom is -0.126 e. The number of allylic oxidation sites excluding steroid dienone is 2. The van der Waals surface area contributed by atoms with Crippen molar-refractivity contribution in [2.45, 2.75) is 51.9 Å². The lowest BCUT2D eigenvalue weighted by Crippen LogP contribution is -2.00. The molecular weight excluding hydrogens is 180 g/mol. The summed E-state index contributed by atoms with van der Waals surface area (Å²) < 4.78 is 0. The van der Waals surface area contributed by atoms with Gasteiger partial charge in [0.15, 0.2) is 0 Å². The van der Waals surface area contributed by atoms with Crippen LogP contribution < -0.4 is 0 Å². The lowest BCUT2D eigenvalue weighted by Gasteiger charge is -2.14. The monoisotopic (exact) mass is 200 g/mol. The Kier molecular flexibility index (Phi) is 5.54. The third-order valence-electron chi connectivity index (χ3n) is 3.07. The smallest absolute Gasteiger partial charge is 0.0258 e. The largest absolute Gasteiger partial charge is 0.126 e. The van der Waals surface area contributed by atoms with E-state index in [2.05, 4.69) is 13.0 Å². The van der Waals surface area contributed by atoms with E-state index < -0.39 is 0 Å². The molecule has 0 radical (unpaired) electrons. The first-order valence-electron chi connectivity index (χ1n) is 5.57. The molecule has 1 saturated carbocycles. The standard InChI is InChI=1S/C12H21Cl/c1-11(7-6-10-13)12-8-4-2-3-5-9-12/h7,12H,2-6,8-10H2,1H3/b11-7+. The van der Waals surface area contributed by atoms with Gasteiger partial charge in [0.05, 0.1) is 0 Å². The summed E-state index contributed by atoms with van der Waals surface area (Å²) >= 11 is 5.67. The lowest BCUT2D eigenvalue weighted by atomic mass is 9.92. The minimum absolute atomic E-state index is 0.768. The highest BCUT2D eigenvalue weighted by Crippen LogP contribution is 2.28. The van der Waals surface area contributed by atoms with Gasteiger partial charge in [0.1, 0.15) is 0 Å². The summed E-state index contributed by atoms with van der Waals surface area (Å²) in [6.45, 7) is 2.28. The molecule has 0 aromatic heterocycles. The van der Waals surface area contributed by atoms with Crippen LogP contribution >= 0.6 is 11.6 Å². The fraction of sp³-hybridized carbons (Fsp3) is 0.833. The zero-order valence-electron chi connectivity index (χ0n) is 8.69. The molecule has 0 aromatic rings. The Bertz CT molecular complexity index is 153. The highest BCUT2D eigenvalue weighted by molar-refractivity contribution is 6.17. The van der Waals surface area contributed by atoms with Gasteiger partial charge in [-0.3, -0.25) is 0 Å². The van der Waals surface area contributed by atoms with E-state index in [4.69, 9.17) is 11.6 Å². The third kappa shape index (κ3) is 4.17. The van der Waals surface area contributed by atoms with Gasteiger partial charge < -0.3 is 0 Å². The summed E-state index contributed by atoms with van der Waals surface area (Å²) in [6.07, 6.45) is 11.9. The average molecular weight is 201 g/mol. The van der Waals surface area contributed by atoms with Crippen LogP contribution in [0.25, 0.3) is 0 Å². The van der Waals surface area contributed by atoms with Crippen molar-refractivity contribution in [1.29, 1.82) is 0 Å². The second kappa shape index (κ2) is 6.48. The van der Waals surface area contributed by atoms with Crippen LogP contribution in [0.1, 0.15) is 51.9 Å².